The Morgan fingerprint density at radius 1 is 0.929 bits per heavy atom. The summed E-state index contributed by atoms with van der Waals surface area (Å²) in [4.78, 5) is 0. The molecule has 0 radical (unpaired) electrons. The Morgan fingerprint density at radius 2 is 1.54 bits per heavy atom. The summed E-state index contributed by atoms with van der Waals surface area (Å²) in [5.74, 6) is 3.81. The van der Waals surface area contributed by atoms with Crippen LogP contribution in [-0.2, 0) is 13.6 Å². The smallest absolute Gasteiger partial charge is 0.387 e. The lowest BCUT2D eigenvalue weighted by Crippen LogP contribution is -2.03. The van der Waals surface area contributed by atoms with Crippen LogP contribution in [0.1, 0.15) is 36.5 Å². The van der Waals surface area contributed by atoms with Gasteiger partial charge in [0.15, 0.2) is 0 Å². The van der Waals surface area contributed by atoms with Gasteiger partial charge in [-0.05, 0) is 55.8 Å². The van der Waals surface area contributed by atoms with Crippen LogP contribution < -0.4 is 4.74 Å². The molecule has 0 spiro atoms. The van der Waals surface area contributed by atoms with Crippen LogP contribution in [0.15, 0.2) is 48.5 Å². The van der Waals surface area contributed by atoms with Crippen molar-refractivity contribution in [3.63, 3.8) is 0 Å². The van der Waals surface area contributed by atoms with E-state index in [1.54, 1.807) is 26.0 Å². The van der Waals surface area contributed by atoms with E-state index >= 15 is 0 Å². The monoisotopic (exact) mass is 412 g/mol. The fraction of sp³-hybridized carbons (Fsp3) is 0.300. The predicted molar refractivity (Wildman–Crippen MR) is 100 cm³/mol. The molecule has 0 saturated carbocycles. The first-order valence-electron chi connectivity index (χ1n) is 8.57. The second-order valence-electron chi connectivity index (χ2n) is 5.49. The summed E-state index contributed by atoms with van der Waals surface area (Å²) in [6.45, 7) is 0.443. The number of benzene rings is 2. The van der Waals surface area contributed by atoms with Gasteiger partial charge in [0, 0.05) is 11.1 Å². The minimum Gasteiger partial charge on any atom is -0.435 e. The molecule has 150 valence electrons. The van der Waals surface area contributed by atoms with Gasteiger partial charge < -0.3 is 13.8 Å². The zero-order valence-electron chi connectivity index (χ0n) is 15.4. The number of ether oxygens (including phenoxy) is 1. The molecule has 0 bridgehead atoms. The van der Waals surface area contributed by atoms with Crippen molar-refractivity contribution < 1.29 is 31.5 Å². The lowest BCUT2D eigenvalue weighted by atomic mass is 10.1. The molecule has 0 aliphatic heterocycles. The molecular formula is C20H20F3O4P. The van der Waals surface area contributed by atoms with Crippen LogP contribution in [0.4, 0.5) is 13.2 Å². The molecule has 0 amide bonds. The van der Waals surface area contributed by atoms with E-state index in [1.165, 1.54) is 36.4 Å². The molecule has 0 saturated heterocycles. The zero-order chi connectivity index (χ0) is 20.6. The summed E-state index contributed by atoms with van der Waals surface area (Å²) in [7, 11) is -3.94. The molecule has 2 rings (SSSR count). The molecule has 2 aromatic rings. The summed E-state index contributed by atoms with van der Waals surface area (Å²) in [6, 6.07) is 12.0. The molecule has 8 heteroatoms. The largest absolute Gasteiger partial charge is 0.435 e. The van der Waals surface area contributed by atoms with E-state index in [0.717, 1.165) is 0 Å². The van der Waals surface area contributed by atoms with Gasteiger partial charge in [-0.2, -0.15) is 8.78 Å². The van der Waals surface area contributed by atoms with E-state index in [9.17, 15) is 17.7 Å². The number of hydrogen-bond acceptors (Lipinski definition) is 4. The number of halogens is 3. The second kappa shape index (κ2) is 10.3. The van der Waals surface area contributed by atoms with E-state index in [0.29, 0.717) is 11.1 Å². The van der Waals surface area contributed by atoms with E-state index in [4.69, 9.17) is 9.05 Å². The van der Waals surface area contributed by atoms with E-state index in [2.05, 4.69) is 16.6 Å². The lowest BCUT2D eigenvalue weighted by molar-refractivity contribution is -0.0498. The first-order chi connectivity index (χ1) is 13.4. The molecular weight excluding hydrogens is 392 g/mol. The molecule has 1 atom stereocenters. The van der Waals surface area contributed by atoms with Crippen molar-refractivity contribution in [1.29, 1.82) is 0 Å². The molecule has 1 unspecified atom stereocenters. The molecule has 2 aromatic carbocycles. The quantitative estimate of drug-likeness (QED) is 0.399. The zero-order valence-corrected chi connectivity index (χ0v) is 16.3. The van der Waals surface area contributed by atoms with Crippen molar-refractivity contribution in [1.82, 2.24) is 0 Å². The third kappa shape index (κ3) is 6.13. The van der Waals surface area contributed by atoms with E-state index < -0.39 is 20.1 Å². The maximum absolute atomic E-state index is 14.8. The van der Waals surface area contributed by atoms with Crippen LogP contribution in [0.25, 0.3) is 0 Å². The fourth-order valence-electron chi connectivity index (χ4n) is 2.34. The maximum Gasteiger partial charge on any atom is 0.387 e. The van der Waals surface area contributed by atoms with Gasteiger partial charge in [-0.1, -0.05) is 24.0 Å². The highest BCUT2D eigenvalue weighted by molar-refractivity contribution is 7.54. The number of rotatable bonds is 8. The highest BCUT2D eigenvalue weighted by Gasteiger charge is 2.37. The standard InChI is InChI=1S/C20H20F3O4P/c1-3-25-28(24,26-4-2)19(21)17-7-5-6-16(14-17)9-8-15-10-12-18(13-11-15)27-20(22)23/h5-7,10-14,19-20H,3-4H2,1-2H3. The molecule has 0 aliphatic carbocycles. The Balaban J connectivity index is 2.20. The van der Waals surface area contributed by atoms with Crippen LogP contribution in [-0.4, -0.2) is 19.8 Å². The summed E-state index contributed by atoms with van der Waals surface area (Å²) in [5, 5.41) is 0. The Morgan fingerprint density at radius 3 is 2.11 bits per heavy atom. The van der Waals surface area contributed by atoms with Crippen molar-refractivity contribution >= 4 is 7.60 Å². The van der Waals surface area contributed by atoms with Crippen LogP contribution in [0.5, 0.6) is 5.75 Å². The average Bonchev–Trinajstić information content (AvgIpc) is 2.67. The Labute approximate surface area is 162 Å². The summed E-state index contributed by atoms with van der Waals surface area (Å²) >= 11 is 0. The molecule has 0 aliphatic rings. The van der Waals surface area contributed by atoms with Gasteiger partial charge >= 0.3 is 14.2 Å². The lowest BCUT2D eigenvalue weighted by Gasteiger charge is -2.20. The molecule has 0 fully saturated rings. The van der Waals surface area contributed by atoms with Gasteiger partial charge in [-0.25, -0.2) is 4.39 Å². The molecule has 4 nitrogen and oxygen atoms in total. The fourth-order valence-corrected chi connectivity index (χ4v) is 3.92. The minimum absolute atomic E-state index is 0.0328. The summed E-state index contributed by atoms with van der Waals surface area (Å²) in [5.41, 5.74) is 1.20. The van der Waals surface area contributed by atoms with Gasteiger partial charge in [0.25, 0.3) is 0 Å². The van der Waals surface area contributed by atoms with Crippen LogP contribution in [0, 0.1) is 11.8 Å². The van der Waals surface area contributed by atoms with Gasteiger partial charge in [0.1, 0.15) is 5.75 Å². The average molecular weight is 412 g/mol. The highest BCUT2D eigenvalue weighted by atomic mass is 31.2. The highest BCUT2D eigenvalue weighted by Crippen LogP contribution is 2.61. The second-order valence-corrected chi connectivity index (χ2v) is 7.54. The predicted octanol–water partition coefficient (Wildman–Crippen LogP) is 5.92. The molecule has 0 heterocycles. The van der Waals surface area contributed by atoms with Crippen LogP contribution in [0.3, 0.4) is 0 Å². The number of hydrogen-bond donors (Lipinski definition) is 0. The van der Waals surface area contributed by atoms with E-state index in [1.807, 2.05) is 0 Å². The topological polar surface area (TPSA) is 44.8 Å². The third-order valence-corrected chi connectivity index (χ3v) is 5.58. The van der Waals surface area contributed by atoms with Crippen molar-refractivity contribution in [3.8, 4) is 17.6 Å². The molecule has 0 aromatic heterocycles. The van der Waals surface area contributed by atoms with Gasteiger partial charge in [-0.15, -0.1) is 0 Å². The normalized spacial score (nSPS) is 12.4. The summed E-state index contributed by atoms with van der Waals surface area (Å²) in [6.07, 6.45) is 0. The SMILES string of the molecule is CCOP(=O)(OCC)C(F)c1cccc(C#Cc2ccc(OC(F)F)cc2)c1. The van der Waals surface area contributed by atoms with Gasteiger partial charge in [0.2, 0.25) is 5.91 Å². The van der Waals surface area contributed by atoms with Crippen molar-refractivity contribution in [2.45, 2.75) is 26.4 Å². The molecule has 0 N–H and O–H groups in total. The third-order valence-electron chi connectivity index (χ3n) is 3.49. The van der Waals surface area contributed by atoms with Crippen LogP contribution in [0.2, 0.25) is 0 Å². The minimum atomic E-state index is -3.94. The first-order valence-corrected chi connectivity index (χ1v) is 10.2. The van der Waals surface area contributed by atoms with Crippen molar-refractivity contribution in [2.75, 3.05) is 13.2 Å². The van der Waals surface area contributed by atoms with Crippen LogP contribution >= 0.6 is 7.60 Å². The molecule has 28 heavy (non-hydrogen) atoms. The Kier molecular flexibility index (Phi) is 8.13. The van der Waals surface area contributed by atoms with Crippen molar-refractivity contribution in [3.05, 3.63) is 65.2 Å². The summed E-state index contributed by atoms with van der Waals surface area (Å²) < 4.78 is 66.1. The van der Waals surface area contributed by atoms with Crippen molar-refractivity contribution in [2.24, 2.45) is 0 Å². The van der Waals surface area contributed by atoms with Gasteiger partial charge in [0.05, 0.1) is 13.2 Å². The Hall–Kier alpha value is -2.26. The van der Waals surface area contributed by atoms with Gasteiger partial charge in [-0.3, -0.25) is 4.57 Å². The van der Waals surface area contributed by atoms with E-state index in [-0.39, 0.29) is 24.5 Å². The maximum atomic E-state index is 14.8. The Bertz CT molecular complexity index is 865. The first kappa shape index (κ1) is 22.0. The number of alkyl halides is 3.